The van der Waals surface area contributed by atoms with Crippen LogP contribution in [0.25, 0.3) is 21.0 Å². The number of aryl methyl sites for hydroxylation is 1. The number of aliphatic carboxylic acids is 1. The molecule has 40 heavy (non-hydrogen) atoms. The Kier molecular flexibility index (Phi) is 7.26. The van der Waals surface area contributed by atoms with Gasteiger partial charge in [-0.2, -0.15) is 0 Å². The maximum absolute atomic E-state index is 14.0. The fourth-order valence-electron chi connectivity index (χ4n) is 5.08. The van der Waals surface area contributed by atoms with E-state index < -0.39 is 40.9 Å². The minimum Gasteiger partial charge on any atom is -0.480 e. The summed E-state index contributed by atoms with van der Waals surface area (Å²) < 4.78 is 41.6. The zero-order chi connectivity index (χ0) is 28.8. The number of hydrogen-bond donors (Lipinski definition) is 1. The van der Waals surface area contributed by atoms with Crippen LogP contribution in [0.15, 0.2) is 56.8 Å². The molecule has 3 heterocycles. The van der Waals surface area contributed by atoms with Gasteiger partial charge in [-0.3, -0.25) is 9.36 Å². The standard InChI is InChI=1S/C28H29F2N3O6S/c1-16-20-23(34)33(27(2,3)25(35)36)26(37)32(24(20)40-21(16)22-31-13-14-38-22)15-19(17-7-5-4-6-8-17)39-18-9-11-28(29,30)12-10-18/h4-8,13-14,18-19H,9-12,15H2,1-3H3,(H,35,36)/t19-/m1/s1. The number of benzene rings is 1. The molecular weight excluding hydrogens is 544 g/mol. The second-order valence-electron chi connectivity index (χ2n) is 10.6. The van der Waals surface area contributed by atoms with Gasteiger partial charge in [-0.15, -0.1) is 11.3 Å². The lowest BCUT2D eigenvalue weighted by atomic mass is 9.94. The number of rotatable bonds is 8. The summed E-state index contributed by atoms with van der Waals surface area (Å²) in [5.74, 6) is -3.81. The summed E-state index contributed by atoms with van der Waals surface area (Å²) in [5, 5.41) is 10.1. The van der Waals surface area contributed by atoms with Gasteiger partial charge < -0.3 is 14.3 Å². The highest BCUT2D eigenvalue weighted by Gasteiger charge is 2.38. The van der Waals surface area contributed by atoms with Crippen molar-refractivity contribution in [2.24, 2.45) is 0 Å². The molecule has 1 N–H and O–H groups in total. The van der Waals surface area contributed by atoms with Crippen molar-refractivity contribution in [1.29, 1.82) is 0 Å². The third-order valence-corrected chi connectivity index (χ3v) is 8.76. The van der Waals surface area contributed by atoms with Crippen LogP contribution >= 0.6 is 11.3 Å². The number of aromatic nitrogens is 3. The molecule has 1 atom stereocenters. The SMILES string of the molecule is Cc1c(-c2ncco2)sc2c1c(=O)n(C(C)(C)C(=O)O)c(=O)n2C[C@@H](OC1CCC(F)(F)CC1)c1ccccc1. The molecule has 0 saturated heterocycles. The Bertz CT molecular complexity index is 1650. The lowest BCUT2D eigenvalue weighted by Gasteiger charge is -2.32. The number of carbonyl (C=O) groups is 1. The van der Waals surface area contributed by atoms with E-state index in [1.165, 1.54) is 30.9 Å². The fraction of sp³-hybridized carbons (Fsp3) is 0.429. The van der Waals surface area contributed by atoms with Crippen LogP contribution in [-0.2, 0) is 21.6 Å². The lowest BCUT2D eigenvalue weighted by molar-refractivity contribution is -0.146. The zero-order valence-electron chi connectivity index (χ0n) is 22.2. The molecule has 1 saturated carbocycles. The second-order valence-corrected chi connectivity index (χ2v) is 11.6. The number of thiophene rings is 1. The summed E-state index contributed by atoms with van der Waals surface area (Å²) in [6, 6.07) is 9.08. The molecule has 1 aliphatic rings. The van der Waals surface area contributed by atoms with E-state index in [0.29, 0.717) is 15.3 Å². The van der Waals surface area contributed by atoms with Crippen LogP contribution in [0.5, 0.6) is 0 Å². The molecule has 0 unspecified atom stereocenters. The first kappa shape index (κ1) is 27.9. The van der Waals surface area contributed by atoms with E-state index in [-0.39, 0.29) is 43.5 Å². The quantitative estimate of drug-likeness (QED) is 0.302. The predicted molar refractivity (Wildman–Crippen MR) is 145 cm³/mol. The highest BCUT2D eigenvalue weighted by molar-refractivity contribution is 7.22. The van der Waals surface area contributed by atoms with Crippen molar-refractivity contribution in [1.82, 2.24) is 14.1 Å². The van der Waals surface area contributed by atoms with E-state index in [2.05, 4.69) is 4.98 Å². The van der Waals surface area contributed by atoms with Crippen LogP contribution in [0.3, 0.4) is 0 Å². The summed E-state index contributed by atoms with van der Waals surface area (Å²) in [5.41, 5.74) is -2.19. The highest BCUT2D eigenvalue weighted by atomic mass is 32.1. The van der Waals surface area contributed by atoms with Gasteiger partial charge in [-0.25, -0.2) is 27.9 Å². The van der Waals surface area contributed by atoms with Gasteiger partial charge in [0.15, 0.2) is 0 Å². The van der Waals surface area contributed by atoms with Crippen LogP contribution < -0.4 is 11.2 Å². The van der Waals surface area contributed by atoms with Gasteiger partial charge in [0.25, 0.3) is 5.56 Å². The molecule has 4 aromatic rings. The Hall–Kier alpha value is -3.64. The normalized spacial score (nSPS) is 16.8. The summed E-state index contributed by atoms with van der Waals surface area (Å²) >= 11 is 1.14. The van der Waals surface area contributed by atoms with Gasteiger partial charge in [-0.05, 0) is 44.7 Å². The maximum atomic E-state index is 14.0. The zero-order valence-corrected chi connectivity index (χ0v) is 23.0. The smallest absolute Gasteiger partial charge is 0.333 e. The van der Waals surface area contributed by atoms with Crippen LogP contribution in [0.1, 0.15) is 56.8 Å². The third-order valence-electron chi connectivity index (χ3n) is 7.46. The molecule has 3 aromatic heterocycles. The monoisotopic (exact) mass is 573 g/mol. The molecule has 12 heteroatoms. The molecule has 5 rings (SSSR count). The highest BCUT2D eigenvalue weighted by Crippen LogP contribution is 2.38. The van der Waals surface area contributed by atoms with Crippen LogP contribution in [0, 0.1) is 6.92 Å². The minimum absolute atomic E-state index is 0.0762. The molecule has 0 bridgehead atoms. The van der Waals surface area contributed by atoms with Crippen molar-refractivity contribution in [2.45, 2.75) is 76.7 Å². The van der Waals surface area contributed by atoms with E-state index in [1.54, 1.807) is 6.92 Å². The number of nitrogens with zero attached hydrogens (tertiary/aromatic N) is 3. The second kappa shape index (κ2) is 10.4. The van der Waals surface area contributed by atoms with Crippen molar-refractivity contribution >= 4 is 27.5 Å². The third kappa shape index (κ3) is 5.01. The first-order chi connectivity index (χ1) is 18.9. The molecule has 1 aliphatic carbocycles. The first-order valence-corrected chi connectivity index (χ1v) is 13.7. The number of halogens is 2. The molecule has 212 valence electrons. The number of carboxylic acids is 1. The number of oxazole rings is 1. The largest absolute Gasteiger partial charge is 0.480 e. The minimum atomic E-state index is -2.73. The van der Waals surface area contributed by atoms with Gasteiger partial charge in [0.05, 0.1) is 29.1 Å². The van der Waals surface area contributed by atoms with Gasteiger partial charge in [0.2, 0.25) is 11.8 Å². The average molecular weight is 574 g/mol. The molecular formula is C28H29F2N3O6S. The number of carboxylic acid groups (broad SMARTS) is 1. The van der Waals surface area contributed by atoms with Gasteiger partial charge in [0, 0.05) is 12.8 Å². The van der Waals surface area contributed by atoms with Crippen molar-refractivity contribution in [3.63, 3.8) is 0 Å². The molecule has 0 radical (unpaired) electrons. The molecule has 0 spiro atoms. The summed E-state index contributed by atoms with van der Waals surface area (Å²) in [4.78, 5) is 44.9. The van der Waals surface area contributed by atoms with Gasteiger partial charge in [0.1, 0.15) is 22.7 Å². The Morgan fingerprint density at radius 3 is 2.52 bits per heavy atom. The van der Waals surface area contributed by atoms with E-state index in [0.717, 1.165) is 21.5 Å². The van der Waals surface area contributed by atoms with E-state index in [9.17, 15) is 28.3 Å². The Balaban J connectivity index is 1.69. The van der Waals surface area contributed by atoms with Gasteiger partial charge >= 0.3 is 11.7 Å². The van der Waals surface area contributed by atoms with E-state index >= 15 is 0 Å². The lowest BCUT2D eigenvalue weighted by Crippen LogP contribution is -2.52. The average Bonchev–Trinajstić information content (AvgIpc) is 3.55. The Labute approximate surface area is 231 Å². The molecule has 0 amide bonds. The number of alkyl halides is 2. The first-order valence-electron chi connectivity index (χ1n) is 12.9. The van der Waals surface area contributed by atoms with Crippen LogP contribution in [0.4, 0.5) is 8.78 Å². The van der Waals surface area contributed by atoms with Gasteiger partial charge in [-0.1, -0.05) is 30.3 Å². The fourth-order valence-corrected chi connectivity index (χ4v) is 6.32. The molecule has 0 aliphatic heterocycles. The Morgan fingerprint density at radius 2 is 1.93 bits per heavy atom. The molecule has 1 fully saturated rings. The topological polar surface area (TPSA) is 117 Å². The van der Waals surface area contributed by atoms with Crippen molar-refractivity contribution in [3.8, 4) is 10.8 Å². The van der Waals surface area contributed by atoms with E-state index in [1.807, 2.05) is 30.3 Å². The van der Waals surface area contributed by atoms with Crippen LogP contribution in [0.2, 0.25) is 0 Å². The van der Waals surface area contributed by atoms with Crippen LogP contribution in [-0.4, -0.2) is 37.2 Å². The van der Waals surface area contributed by atoms with Crippen molar-refractivity contribution in [3.05, 3.63) is 74.8 Å². The molecule has 1 aromatic carbocycles. The molecule has 9 nitrogen and oxygen atoms in total. The van der Waals surface area contributed by atoms with E-state index in [4.69, 9.17) is 9.15 Å². The summed E-state index contributed by atoms with van der Waals surface area (Å²) in [6.07, 6.45) is 1.43. The summed E-state index contributed by atoms with van der Waals surface area (Å²) in [6.45, 7) is 4.20. The number of hydrogen-bond acceptors (Lipinski definition) is 7. The Morgan fingerprint density at radius 1 is 1.25 bits per heavy atom. The summed E-state index contributed by atoms with van der Waals surface area (Å²) in [7, 11) is 0. The van der Waals surface area contributed by atoms with Crippen molar-refractivity contribution < 1.29 is 27.8 Å². The number of fused-ring (bicyclic) bond motifs is 1. The predicted octanol–water partition coefficient (Wildman–Crippen LogP) is 5.34. The maximum Gasteiger partial charge on any atom is 0.333 e. The number of ether oxygens (including phenoxy) is 1. The van der Waals surface area contributed by atoms with Crippen molar-refractivity contribution in [2.75, 3.05) is 0 Å².